The molecule has 1 atom stereocenters. The van der Waals surface area contributed by atoms with Crippen LogP contribution in [0.15, 0.2) is 18.2 Å². The lowest BCUT2D eigenvalue weighted by molar-refractivity contribution is 0.0725. The van der Waals surface area contributed by atoms with E-state index in [2.05, 4.69) is 5.92 Å². The number of hydrogen-bond acceptors (Lipinski definition) is 4. The minimum absolute atomic E-state index is 0.0356. The maximum Gasteiger partial charge on any atom is 0.257 e. The number of aryl methyl sites for hydroxylation is 1. The summed E-state index contributed by atoms with van der Waals surface area (Å²) in [5, 5.41) is 0. The molecule has 0 aromatic heterocycles. The maximum atomic E-state index is 12.7. The summed E-state index contributed by atoms with van der Waals surface area (Å²) in [4.78, 5) is 14.1. The van der Waals surface area contributed by atoms with Gasteiger partial charge in [0.15, 0.2) is 9.84 Å². The van der Waals surface area contributed by atoms with Crippen LogP contribution in [0.3, 0.4) is 0 Å². The Hall–Kier alpha value is -2.00. The largest absolute Gasteiger partial charge is 0.398 e. The zero-order valence-corrected chi connectivity index (χ0v) is 12.7. The summed E-state index contributed by atoms with van der Waals surface area (Å²) in [5.74, 6) is 2.17. The van der Waals surface area contributed by atoms with Crippen LogP contribution in [0, 0.1) is 19.3 Å². The van der Waals surface area contributed by atoms with Gasteiger partial charge in [0.05, 0.1) is 23.6 Å². The van der Waals surface area contributed by atoms with Gasteiger partial charge in [-0.15, -0.1) is 6.42 Å². The Labute approximate surface area is 125 Å². The SMILES string of the molecule is C#CCN(C(=O)c1cc(C)ccc1N)C1CCS(=O)(=O)C1. The van der Waals surface area contributed by atoms with Crippen molar-refractivity contribution in [3.05, 3.63) is 29.3 Å². The Morgan fingerprint density at radius 2 is 2.24 bits per heavy atom. The van der Waals surface area contributed by atoms with E-state index < -0.39 is 9.84 Å². The van der Waals surface area contributed by atoms with Crippen molar-refractivity contribution in [2.75, 3.05) is 23.8 Å². The van der Waals surface area contributed by atoms with Crippen molar-refractivity contribution in [2.24, 2.45) is 0 Å². The number of carbonyl (C=O) groups excluding carboxylic acids is 1. The van der Waals surface area contributed by atoms with E-state index in [1.165, 1.54) is 4.90 Å². The minimum atomic E-state index is -3.09. The number of nitrogens with two attached hydrogens (primary N) is 1. The van der Waals surface area contributed by atoms with Crippen molar-refractivity contribution in [2.45, 2.75) is 19.4 Å². The molecule has 1 amide bonds. The highest BCUT2D eigenvalue weighted by Crippen LogP contribution is 2.22. The van der Waals surface area contributed by atoms with Gasteiger partial charge in [-0.1, -0.05) is 17.6 Å². The lowest BCUT2D eigenvalue weighted by Crippen LogP contribution is -2.41. The standard InChI is InChI=1S/C15H18N2O3S/c1-3-7-17(12-6-8-21(19,20)10-12)15(18)13-9-11(2)4-5-14(13)16/h1,4-5,9,12H,6-8,10,16H2,2H3. The van der Waals surface area contributed by atoms with Crippen molar-refractivity contribution in [1.29, 1.82) is 0 Å². The number of hydrogen-bond donors (Lipinski definition) is 1. The number of nitrogens with zero attached hydrogens (tertiary/aromatic N) is 1. The van der Waals surface area contributed by atoms with Gasteiger partial charge in [0.25, 0.3) is 5.91 Å². The van der Waals surface area contributed by atoms with Gasteiger partial charge >= 0.3 is 0 Å². The van der Waals surface area contributed by atoms with Gasteiger partial charge in [-0.05, 0) is 25.5 Å². The lowest BCUT2D eigenvalue weighted by atomic mass is 10.1. The van der Waals surface area contributed by atoms with E-state index in [1.807, 2.05) is 13.0 Å². The molecule has 1 aromatic rings. The predicted molar refractivity (Wildman–Crippen MR) is 82.5 cm³/mol. The molecule has 1 aromatic carbocycles. The minimum Gasteiger partial charge on any atom is -0.398 e. The Bertz CT molecular complexity index is 704. The second kappa shape index (κ2) is 5.78. The summed E-state index contributed by atoms with van der Waals surface area (Å²) >= 11 is 0. The third-order valence-electron chi connectivity index (χ3n) is 3.61. The molecule has 0 bridgehead atoms. The zero-order chi connectivity index (χ0) is 15.6. The topological polar surface area (TPSA) is 80.5 Å². The summed E-state index contributed by atoms with van der Waals surface area (Å²) in [5.41, 5.74) is 7.51. The Morgan fingerprint density at radius 3 is 2.81 bits per heavy atom. The molecule has 6 heteroatoms. The first-order valence-electron chi connectivity index (χ1n) is 6.65. The van der Waals surface area contributed by atoms with Gasteiger partial charge in [0, 0.05) is 11.7 Å². The van der Waals surface area contributed by atoms with Crippen molar-refractivity contribution in [3.8, 4) is 12.3 Å². The van der Waals surface area contributed by atoms with Crippen molar-refractivity contribution in [1.82, 2.24) is 4.90 Å². The van der Waals surface area contributed by atoms with Crippen LogP contribution in [-0.2, 0) is 9.84 Å². The Kier molecular flexibility index (Phi) is 4.24. The molecule has 112 valence electrons. The monoisotopic (exact) mass is 306 g/mol. The third-order valence-corrected chi connectivity index (χ3v) is 5.36. The molecule has 0 radical (unpaired) electrons. The number of carbonyl (C=O) groups is 1. The molecule has 2 rings (SSSR count). The van der Waals surface area contributed by atoms with Crippen LogP contribution in [0.4, 0.5) is 5.69 Å². The van der Waals surface area contributed by atoms with Gasteiger partial charge in [0.2, 0.25) is 0 Å². The third kappa shape index (κ3) is 3.37. The molecule has 1 aliphatic rings. The molecule has 1 heterocycles. The van der Waals surface area contributed by atoms with Crippen molar-refractivity contribution in [3.63, 3.8) is 0 Å². The van der Waals surface area contributed by atoms with Crippen LogP contribution in [0.5, 0.6) is 0 Å². The summed E-state index contributed by atoms with van der Waals surface area (Å²) in [6.45, 7) is 1.94. The van der Waals surface area contributed by atoms with Crippen LogP contribution in [0.2, 0.25) is 0 Å². The molecular formula is C15H18N2O3S. The average molecular weight is 306 g/mol. The molecule has 21 heavy (non-hydrogen) atoms. The van der Waals surface area contributed by atoms with Crippen molar-refractivity contribution >= 4 is 21.4 Å². The van der Waals surface area contributed by atoms with E-state index in [1.54, 1.807) is 12.1 Å². The first-order valence-corrected chi connectivity index (χ1v) is 8.47. The molecule has 1 saturated heterocycles. The Morgan fingerprint density at radius 1 is 1.52 bits per heavy atom. The normalized spacial score (nSPS) is 19.9. The summed E-state index contributed by atoms with van der Waals surface area (Å²) in [7, 11) is -3.09. The number of sulfone groups is 1. The lowest BCUT2D eigenvalue weighted by Gasteiger charge is -2.27. The first kappa shape index (κ1) is 15.4. The summed E-state index contributed by atoms with van der Waals surface area (Å²) in [6.07, 6.45) is 5.74. The number of benzene rings is 1. The van der Waals surface area contributed by atoms with Crippen LogP contribution >= 0.6 is 0 Å². The van der Waals surface area contributed by atoms with Crippen LogP contribution < -0.4 is 5.73 Å². The van der Waals surface area contributed by atoms with Crippen LogP contribution in [0.25, 0.3) is 0 Å². The molecule has 5 nitrogen and oxygen atoms in total. The summed E-state index contributed by atoms with van der Waals surface area (Å²) in [6, 6.07) is 4.81. The number of nitrogen functional groups attached to an aromatic ring is 1. The van der Waals surface area contributed by atoms with Gasteiger partial charge < -0.3 is 10.6 Å². The van der Waals surface area contributed by atoms with Gasteiger partial charge in [-0.25, -0.2) is 8.42 Å². The maximum absolute atomic E-state index is 12.7. The highest BCUT2D eigenvalue weighted by Gasteiger charge is 2.35. The summed E-state index contributed by atoms with van der Waals surface area (Å²) < 4.78 is 23.2. The highest BCUT2D eigenvalue weighted by molar-refractivity contribution is 7.91. The zero-order valence-electron chi connectivity index (χ0n) is 11.9. The van der Waals surface area contributed by atoms with E-state index in [0.717, 1.165) is 5.56 Å². The van der Waals surface area contributed by atoms with Gasteiger partial charge in [-0.2, -0.15) is 0 Å². The second-order valence-electron chi connectivity index (χ2n) is 5.28. The Balaban J connectivity index is 2.32. The molecule has 2 N–H and O–H groups in total. The fourth-order valence-electron chi connectivity index (χ4n) is 2.50. The molecule has 0 saturated carbocycles. The van der Waals surface area contributed by atoms with Crippen LogP contribution in [-0.4, -0.2) is 43.3 Å². The van der Waals surface area contributed by atoms with E-state index >= 15 is 0 Å². The molecule has 1 aliphatic heterocycles. The number of terminal acetylenes is 1. The quantitative estimate of drug-likeness (QED) is 0.663. The fourth-order valence-corrected chi connectivity index (χ4v) is 4.23. The number of anilines is 1. The fraction of sp³-hybridized carbons (Fsp3) is 0.400. The molecule has 0 spiro atoms. The van der Waals surface area contributed by atoms with E-state index in [0.29, 0.717) is 17.7 Å². The van der Waals surface area contributed by atoms with Gasteiger partial charge in [-0.3, -0.25) is 4.79 Å². The number of amides is 1. The van der Waals surface area contributed by atoms with E-state index in [4.69, 9.17) is 12.2 Å². The van der Waals surface area contributed by atoms with Crippen LogP contribution in [0.1, 0.15) is 22.3 Å². The van der Waals surface area contributed by atoms with Crippen molar-refractivity contribution < 1.29 is 13.2 Å². The molecule has 1 unspecified atom stereocenters. The molecule has 0 aliphatic carbocycles. The average Bonchev–Trinajstić information content (AvgIpc) is 2.78. The smallest absolute Gasteiger partial charge is 0.257 e. The van der Waals surface area contributed by atoms with E-state index in [-0.39, 0.29) is 30.0 Å². The number of rotatable bonds is 3. The predicted octanol–water partition coefficient (Wildman–Crippen LogP) is 0.840. The highest BCUT2D eigenvalue weighted by atomic mass is 32.2. The molecular weight excluding hydrogens is 288 g/mol. The second-order valence-corrected chi connectivity index (χ2v) is 7.51. The first-order chi connectivity index (χ1) is 9.84. The van der Waals surface area contributed by atoms with E-state index in [9.17, 15) is 13.2 Å². The van der Waals surface area contributed by atoms with Gasteiger partial charge in [0.1, 0.15) is 0 Å². The molecule has 1 fully saturated rings.